The summed E-state index contributed by atoms with van der Waals surface area (Å²) in [4.78, 5) is 44.9. The van der Waals surface area contributed by atoms with E-state index < -0.39 is 12.1 Å². The minimum Gasteiger partial charge on any atom is -0.351 e. The van der Waals surface area contributed by atoms with Crippen LogP contribution >= 0.6 is 11.6 Å². The Morgan fingerprint density at radius 2 is 2.00 bits per heavy atom. The fourth-order valence-electron chi connectivity index (χ4n) is 6.64. The van der Waals surface area contributed by atoms with Gasteiger partial charge in [-0.15, -0.1) is 0 Å². The number of nitriles is 1. The van der Waals surface area contributed by atoms with E-state index >= 15 is 0 Å². The molecule has 2 aliphatic heterocycles. The Balaban J connectivity index is 1.35. The lowest BCUT2D eigenvalue weighted by molar-refractivity contribution is -0.130. The molecule has 0 radical (unpaired) electrons. The van der Waals surface area contributed by atoms with Crippen molar-refractivity contribution in [2.24, 2.45) is 11.3 Å². The minimum absolute atomic E-state index is 0.0768. The SMILES string of the molecule is CC1(C)CCC(CC(C#N)NC(=O)C2CC3(CCCCC3)CN2C(=O)c2cc3cccc(Cl)c3[nH]2)C(=O)N1. The Hall–Kier alpha value is -3.05. The number of aromatic nitrogens is 1. The molecule has 2 aromatic rings. The second-order valence-corrected chi connectivity index (χ2v) is 12.5. The normalized spacial score (nSPS) is 25.1. The summed E-state index contributed by atoms with van der Waals surface area (Å²) in [7, 11) is 0. The molecule has 3 N–H and O–H groups in total. The van der Waals surface area contributed by atoms with Gasteiger partial charge in [0.15, 0.2) is 0 Å². The van der Waals surface area contributed by atoms with E-state index in [9.17, 15) is 19.6 Å². The number of piperidine rings is 1. The van der Waals surface area contributed by atoms with Crippen molar-refractivity contribution >= 4 is 40.2 Å². The van der Waals surface area contributed by atoms with E-state index in [1.807, 2.05) is 26.0 Å². The van der Waals surface area contributed by atoms with Gasteiger partial charge in [-0.3, -0.25) is 14.4 Å². The lowest BCUT2D eigenvalue weighted by atomic mass is 9.72. The van der Waals surface area contributed by atoms with E-state index in [0.29, 0.717) is 35.6 Å². The van der Waals surface area contributed by atoms with Crippen LogP contribution in [0.5, 0.6) is 0 Å². The van der Waals surface area contributed by atoms with Gasteiger partial charge < -0.3 is 20.5 Å². The number of carbonyl (C=O) groups excluding carboxylic acids is 3. The zero-order chi connectivity index (χ0) is 27.1. The summed E-state index contributed by atoms with van der Waals surface area (Å²) in [6.07, 6.45) is 7.66. The van der Waals surface area contributed by atoms with Crippen molar-refractivity contribution in [2.45, 2.75) is 89.3 Å². The molecule has 2 saturated heterocycles. The van der Waals surface area contributed by atoms with Crippen LogP contribution in [0, 0.1) is 22.7 Å². The van der Waals surface area contributed by atoms with Crippen molar-refractivity contribution in [3.63, 3.8) is 0 Å². The topological polar surface area (TPSA) is 118 Å². The second-order valence-electron chi connectivity index (χ2n) is 12.1. The highest BCUT2D eigenvalue weighted by atomic mass is 35.5. The van der Waals surface area contributed by atoms with Crippen LogP contribution in [-0.2, 0) is 9.59 Å². The first kappa shape index (κ1) is 26.6. The number of aromatic amines is 1. The lowest BCUT2D eigenvalue weighted by Gasteiger charge is -2.35. The van der Waals surface area contributed by atoms with E-state index in [2.05, 4.69) is 21.7 Å². The number of nitrogens with zero attached hydrogens (tertiary/aromatic N) is 2. The van der Waals surface area contributed by atoms with Gasteiger partial charge in [-0.05, 0) is 69.9 Å². The maximum Gasteiger partial charge on any atom is 0.271 e. The smallest absolute Gasteiger partial charge is 0.271 e. The van der Waals surface area contributed by atoms with Crippen LogP contribution in [0.2, 0.25) is 5.02 Å². The third kappa shape index (κ3) is 5.26. The van der Waals surface area contributed by atoms with Gasteiger partial charge in [0.25, 0.3) is 5.91 Å². The number of likely N-dealkylation sites (tertiary alicyclic amines) is 1. The van der Waals surface area contributed by atoms with Crippen molar-refractivity contribution in [2.75, 3.05) is 6.54 Å². The maximum absolute atomic E-state index is 13.8. The van der Waals surface area contributed by atoms with Crippen LogP contribution < -0.4 is 10.6 Å². The van der Waals surface area contributed by atoms with Crippen molar-refractivity contribution in [3.8, 4) is 6.07 Å². The number of H-pyrrole nitrogens is 1. The predicted molar refractivity (Wildman–Crippen MR) is 145 cm³/mol. The lowest BCUT2D eigenvalue weighted by Crippen LogP contribution is -2.53. The number of amides is 3. The molecule has 1 saturated carbocycles. The van der Waals surface area contributed by atoms with E-state index in [1.54, 1.807) is 17.0 Å². The molecule has 9 heteroatoms. The number of nitrogens with one attached hydrogen (secondary N) is 3. The van der Waals surface area contributed by atoms with Crippen LogP contribution in [0.15, 0.2) is 24.3 Å². The molecule has 1 aromatic heterocycles. The predicted octanol–water partition coefficient (Wildman–Crippen LogP) is 4.69. The molecule has 1 aromatic carbocycles. The molecule has 3 heterocycles. The number of hydrogen-bond acceptors (Lipinski definition) is 4. The summed E-state index contributed by atoms with van der Waals surface area (Å²) in [6.45, 7) is 4.49. The summed E-state index contributed by atoms with van der Waals surface area (Å²) in [5.41, 5.74) is 0.752. The summed E-state index contributed by atoms with van der Waals surface area (Å²) in [5, 5.41) is 17.1. The number of rotatable bonds is 5. The standard InChI is InChI=1S/C29H36ClN5O3/c1-28(2)12-9-19(25(36)34-28)13-20(16-31)32-26(37)23-15-29(10-4-3-5-11-29)17-35(23)27(38)22-14-18-7-6-8-21(30)24(18)33-22/h6-8,14,19-20,23,33H,3-5,9-13,15,17H2,1-2H3,(H,32,37)(H,34,36). The van der Waals surface area contributed by atoms with Gasteiger partial charge in [0.2, 0.25) is 11.8 Å². The summed E-state index contributed by atoms with van der Waals surface area (Å²) in [5.74, 6) is -0.956. The van der Waals surface area contributed by atoms with Gasteiger partial charge >= 0.3 is 0 Å². The molecule has 8 nitrogen and oxygen atoms in total. The van der Waals surface area contributed by atoms with Crippen LogP contribution in [0.25, 0.3) is 10.9 Å². The third-order valence-corrected chi connectivity index (χ3v) is 9.08. The van der Waals surface area contributed by atoms with Crippen molar-refractivity contribution < 1.29 is 14.4 Å². The molecule has 202 valence electrons. The number of carbonyl (C=O) groups is 3. The summed E-state index contributed by atoms with van der Waals surface area (Å²) < 4.78 is 0. The second kappa shape index (κ2) is 10.3. The Morgan fingerprint density at radius 1 is 1.24 bits per heavy atom. The average molecular weight is 538 g/mol. The van der Waals surface area contributed by atoms with Gasteiger partial charge in [0.05, 0.1) is 16.6 Å². The number of fused-ring (bicyclic) bond motifs is 1. The fraction of sp³-hybridized carbons (Fsp3) is 0.586. The highest BCUT2D eigenvalue weighted by molar-refractivity contribution is 6.35. The third-order valence-electron chi connectivity index (χ3n) is 8.76. The first-order chi connectivity index (χ1) is 18.1. The van der Waals surface area contributed by atoms with Gasteiger partial charge in [-0.25, -0.2) is 0 Å². The van der Waals surface area contributed by atoms with Crippen LogP contribution in [0.3, 0.4) is 0 Å². The molecule has 5 rings (SSSR count). The zero-order valence-electron chi connectivity index (χ0n) is 22.1. The highest BCUT2D eigenvalue weighted by Gasteiger charge is 2.49. The Bertz CT molecular complexity index is 1290. The molecule has 3 atom stereocenters. The van der Waals surface area contributed by atoms with E-state index in [0.717, 1.165) is 37.5 Å². The van der Waals surface area contributed by atoms with E-state index in [-0.39, 0.29) is 41.0 Å². The molecule has 1 spiro atoms. The Labute approximate surface area is 228 Å². The van der Waals surface area contributed by atoms with Crippen LogP contribution in [0.1, 0.15) is 82.1 Å². The first-order valence-corrected chi connectivity index (χ1v) is 14.1. The maximum atomic E-state index is 13.8. The number of hydrogen-bond donors (Lipinski definition) is 3. The molecule has 1 aliphatic carbocycles. The van der Waals surface area contributed by atoms with Crippen LogP contribution in [0.4, 0.5) is 0 Å². The molecule has 0 bridgehead atoms. The Kier molecular flexibility index (Phi) is 7.17. The molecular formula is C29H36ClN5O3. The molecule has 3 amide bonds. The quantitative estimate of drug-likeness (QED) is 0.512. The summed E-state index contributed by atoms with van der Waals surface area (Å²) in [6, 6.07) is 8.00. The van der Waals surface area contributed by atoms with Gasteiger partial charge in [0, 0.05) is 23.4 Å². The monoisotopic (exact) mass is 537 g/mol. The van der Waals surface area contributed by atoms with Crippen LogP contribution in [-0.4, -0.2) is 51.8 Å². The number of halogens is 1. The minimum atomic E-state index is -0.800. The van der Waals surface area contributed by atoms with Crippen molar-refractivity contribution in [1.29, 1.82) is 5.26 Å². The fourth-order valence-corrected chi connectivity index (χ4v) is 6.87. The number of para-hydroxylation sites is 1. The highest BCUT2D eigenvalue weighted by Crippen LogP contribution is 2.47. The van der Waals surface area contributed by atoms with Gasteiger partial charge in [-0.2, -0.15) is 5.26 Å². The number of benzene rings is 1. The molecule has 3 fully saturated rings. The average Bonchev–Trinajstić information content (AvgIpc) is 3.48. The molecule has 3 unspecified atom stereocenters. The van der Waals surface area contributed by atoms with Crippen molar-refractivity contribution in [3.05, 3.63) is 35.0 Å². The summed E-state index contributed by atoms with van der Waals surface area (Å²) >= 11 is 6.33. The van der Waals surface area contributed by atoms with Gasteiger partial charge in [-0.1, -0.05) is 43.0 Å². The Morgan fingerprint density at radius 3 is 2.68 bits per heavy atom. The molecular weight excluding hydrogens is 502 g/mol. The largest absolute Gasteiger partial charge is 0.351 e. The molecule has 3 aliphatic rings. The van der Waals surface area contributed by atoms with E-state index in [1.165, 1.54) is 6.42 Å². The zero-order valence-corrected chi connectivity index (χ0v) is 22.9. The van der Waals surface area contributed by atoms with Crippen molar-refractivity contribution in [1.82, 2.24) is 20.5 Å². The molecule has 38 heavy (non-hydrogen) atoms. The van der Waals surface area contributed by atoms with Gasteiger partial charge in [0.1, 0.15) is 17.8 Å². The first-order valence-electron chi connectivity index (χ1n) is 13.7. The van der Waals surface area contributed by atoms with E-state index in [4.69, 9.17) is 11.6 Å².